The summed E-state index contributed by atoms with van der Waals surface area (Å²) in [4.78, 5) is 36.5. The summed E-state index contributed by atoms with van der Waals surface area (Å²) in [5, 5.41) is 12.7. The highest BCUT2D eigenvalue weighted by atomic mass is 16.5. The molecule has 0 saturated carbocycles. The smallest absolute Gasteiger partial charge is 0.310 e. The third kappa shape index (κ3) is 5.29. The number of piperidine rings is 1. The first-order valence-electron chi connectivity index (χ1n) is 10.9. The van der Waals surface area contributed by atoms with E-state index in [1.807, 2.05) is 36.1 Å². The number of benzene rings is 1. The van der Waals surface area contributed by atoms with E-state index < -0.39 is 5.92 Å². The average molecular weight is 424 g/mol. The Balaban J connectivity index is 1.98. The van der Waals surface area contributed by atoms with E-state index >= 15 is 0 Å². The topological polar surface area (TPSA) is 108 Å². The van der Waals surface area contributed by atoms with Gasteiger partial charge in [0.2, 0.25) is 5.91 Å². The maximum atomic E-state index is 12.8. The van der Waals surface area contributed by atoms with Gasteiger partial charge in [0.1, 0.15) is 5.69 Å². The molecule has 2 unspecified atom stereocenters. The highest BCUT2D eigenvalue weighted by Crippen LogP contribution is 2.30. The molecule has 0 radical (unpaired) electrons. The Morgan fingerprint density at radius 1 is 1.29 bits per heavy atom. The molecule has 1 aromatic heterocycles. The van der Waals surface area contributed by atoms with Crippen LogP contribution in [0.3, 0.4) is 0 Å². The molecule has 2 heterocycles. The van der Waals surface area contributed by atoms with Gasteiger partial charge in [-0.25, -0.2) is 9.97 Å². The van der Waals surface area contributed by atoms with E-state index in [9.17, 15) is 14.9 Å². The van der Waals surface area contributed by atoms with Crippen LogP contribution in [0.15, 0.2) is 24.3 Å². The number of anilines is 1. The Hall–Kier alpha value is -3.21. The first-order valence-corrected chi connectivity index (χ1v) is 10.9. The standard InChI is InChI=1S/C23H29N5O3/c1-3-5-12-25-22(29)17(14-24)20-21(27-19-11-7-6-10-18(19)26-20)28-13-8-9-16(15-28)23(30)31-4-2/h6-7,10-11,16-17H,3-5,8-9,12-13,15H2,1-2H3,(H,25,29). The largest absolute Gasteiger partial charge is 0.466 e. The number of carbonyl (C=O) groups excluding carboxylic acids is 2. The molecule has 0 aliphatic carbocycles. The molecule has 1 aliphatic heterocycles. The summed E-state index contributed by atoms with van der Waals surface area (Å²) in [6, 6.07) is 9.50. The fourth-order valence-corrected chi connectivity index (χ4v) is 3.79. The SMILES string of the molecule is CCCCNC(=O)C(C#N)c1nc2ccccc2nc1N1CCCC(C(=O)OCC)C1. The zero-order valence-electron chi connectivity index (χ0n) is 18.1. The summed E-state index contributed by atoms with van der Waals surface area (Å²) < 4.78 is 5.21. The second-order valence-electron chi connectivity index (χ2n) is 7.67. The second kappa shape index (κ2) is 10.7. The summed E-state index contributed by atoms with van der Waals surface area (Å²) in [5.74, 6) is -1.46. The fraction of sp³-hybridized carbons (Fsp3) is 0.522. The summed E-state index contributed by atoms with van der Waals surface area (Å²) in [6.45, 7) is 5.78. The molecule has 1 amide bonds. The van der Waals surface area contributed by atoms with Crippen LogP contribution in [-0.4, -0.2) is 48.1 Å². The number of esters is 1. The van der Waals surface area contributed by atoms with Gasteiger partial charge in [-0.1, -0.05) is 25.5 Å². The lowest BCUT2D eigenvalue weighted by Gasteiger charge is -2.33. The maximum Gasteiger partial charge on any atom is 0.310 e. The lowest BCUT2D eigenvalue weighted by Crippen LogP contribution is -2.41. The van der Waals surface area contributed by atoms with Crippen molar-refractivity contribution in [3.05, 3.63) is 30.0 Å². The zero-order valence-corrected chi connectivity index (χ0v) is 18.1. The maximum absolute atomic E-state index is 12.8. The van der Waals surface area contributed by atoms with E-state index in [2.05, 4.69) is 16.4 Å². The number of hydrogen-bond donors (Lipinski definition) is 1. The van der Waals surface area contributed by atoms with Gasteiger partial charge in [0.15, 0.2) is 11.7 Å². The first-order chi connectivity index (χ1) is 15.1. The van der Waals surface area contributed by atoms with Gasteiger partial charge in [0.05, 0.1) is 29.6 Å². The molecule has 1 N–H and O–H groups in total. The minimum atomic E-state index is -1.08. The minimum Gasteiger partial charge on any atom is -0.466 e. The summed E-state index contributed by atoms with van der Waals surface area (Å²) in [7, 11) is 0. The Bertz CT molecular complexity index is 971. The molecular formula is C23H29N5O3. The van der Waals surface area contributed by atoms with Crippen LogP contribution in [0.25, 0.3) is 11.0 Å². The number of unbranched alkanes of at least 4 members (excludes halogenated alkanes) is 1. The lowest BCUT2D eigenvalue weighted by molar-refractivity contribution is -0.148. The number of amides is 1. The number of fused-ring (bicyclic) bond motifs is 1. The van der Waals surface area contributed by atoms with Crippen LogP contribution in [0.1, 0.15) is 51.1 Å². The summed E-state index contributed by atoms with van der Waals surface area (Å²) >= 11 is 0. The van der Waals surface area contributed by atoms with Crippen molar-refractivity contribution in [1.82, 2.24) is 15.3 Å². The van der Waals surface area contributed by atoms with Crippen molar-refractivity contribution in [3.63, 3.8) is 0 Å². The number of nitrogens with one attached hydrogen (secondary N) is 1. The molecule has 1 fully saturated rings. The average Bonchev–Trinajstić information content (AvgIpc) is 2.79. The van der Waals surface area contributed by atoms with E-state index in [0.717, 1.165) is 25.7 Å². The van der Waals surface area contributed by atoms with E-state index in [-0.39, 0.29) is 17.8 Å². The van der Waals surface area contributed by atoms with Crippen LogP contribution in [0.5, 0.6) is 0 Å². The van der Waals surface area contributed by atoms with Gasteiger partial charge >= 0.3 is 5.97 Å². The fourth-order valence-electron chi connectivity index (χ4n) is 3.79. The van der Waals surface area contributed by atoms with Crippen LogP contribution in [0.2, 0.25) is 0 Å². The van der Waals surface area contributed by atoms with Crippen molar-refractivity contribution >= 4 is 28.7 Å². The Morgan fingerprint density at radius 2 is 2.03 bits per heavy atom. The molecule has 2 aromatic rings. The highest BCUT2D eigenvalue weighted by Gasteiger charge is 2.33. The van der Waals surface area contributed by atoms with Crippen molar-refractivity contribution < 1.29 is 14.3 Å². The molecule has 8 heteroatoms. The molecule has 8 nitrogen and oxygen atoms in total. The van der Waals surface area contributed by atoms with Gasteiger partial charge in [-0.3, -0.25) is 9.59 Å². The zero-order chi connectivity index (χ0) is 22.2. The highest BCUT2D eigenvalue weighted by molar-refractivity contribution is 5.89. The van der Waals surface area contributed by atoms with E-state index in [4.69, 9.17) is 9.72 Å². The number of aromatic nitrogens is 2. The molecule has 164 valence electrons. The number of nitrogens with zero attached hydrogens (tertiary/aromatic N) is 4. The van der Waals surface area contributed by atoms with E-state index in [1.54, 1.807) is 6.92 Å². The summed E-state index contributed by atoms with van der Waals surface area (Å²) in [6.07, 6.45) is 3.32. The third-order valence-corrected chi connectivity index (χ3v) is 5.41. The minimum absolute atomic E-state index is 0.225. The van der Waals surface area contributed by atoms with Crippen LogP contribution in [0, 0.1) is 17.2 Å². The van der Waals surface area contributed by atoms with Gasteiger partial charge in [-0.2, -0.15) is 5.26 Å². The van der Waals surface area contributed by atoms with Gasteiger partial charge in [-0.05, 0) is 38.3 Å². The van der Waals surface area contributed by atoms with Crippen LogP contribution in [-0.2, 0) is 14.3 Å². The van der Waals surface area contributed by atoms with Gasteiger partial charge in [0.25, 0.3) is 0 Å². The number of rotatable bonds is 8. The molecule has 2 atom stereocenters. The quantitative estimate of drug-likeness (QED) is 0.514. The lowest BCUT2D eigenvalue weighted by atomic mass is 9.97. The van der Waals surface area contributed by atoms with Crippen molar-refractivity contribution in [2.24, 2.45) is 5.92 Å². The van der Waals surface area contributed by atoms with Gasteiger partial charge in [-0.15, -0.1) is 0 Å². The molecule has 1 aliphatic rings. The number of ether oxygens (including phenoxy) is 1. The normalized spacial score (nSPS) is 17.1. The predicted molar refractivity (Wildman–Crippen MR) is 117 cm³/mol. The number of carbonyl (C=O) groups is 2. The molecule has 3 rings (SSSR count). The molecule has 31 heavy (non-hydrogen) atoms. The molecule has 0 bridgehead atoms. The number of hydrogen-bond acceptors (Lipinski definition) is 7. The molecule has 0 spiro atoms. The third-order valence-electron chi connectivity index (χ3n) is 5.41. The number of para-hydroxylation sites is 2. The van der Waals surface area contributed by atoms with Crippen molar-refractivity contribution in [3.8, 4) is 6.07 Å². The summed E-state index contributed by atoms with van der Waals surface area (Å²) in [5.41, 5.74) is 1.64. The van der Waals surface area contributed by atoms with Crippen molar-refractivity contribution in [2.45, 2.75) is 45.4 Å². The first kappa shape index (κ1) is 22.5. The van der Waals surface area contributed by atoms with Crippen molar-refractivity contribution in [1.29, 1.82) is 5.26 Å². The molecular weight excluding hydrogens is 394 g/mol. The van der Waals surface area contributed by atoms with Crippen molar-refractivity contribution in [2.75, 3.05) is 31.1 Å². The molecule has 1 saturated heterocycles. The Morgan fingerprint density at radius 3 is 2.71 bits per heavy atom. The van der Waals surface area contributed by atoms with E-state index in [0.29, 0.717) is 48.8 Å². The van der Waals surface area contributed by atoms with Gasteiger partial charge in [0, 0.05) is 19.6 Å². The molecule has 1 aromatic carbocycles. The van der Waals surface area contributed by atoms with Crippen LogP contribution >= 0.6 is 0 Å². The second-order valence-corrected chi connectivity index (χ2v) is 7.67. The van der Waals surface area contributed by atoms with Crippen LogP contribution < -0.4 is 10.2 Å². The Kier molecular flexibility index (Phi) is 7.76. The monoisotopic (exact) mass is 423 g/mol. The van der Waals surface area contributed by atoms with Crippen LogP contribution in [0.4, 0.5) is 5.82 Å². The number of nitriles is 1. The predicted octanol–water partition coefficient (Wildman–Crippen LogP) is 2.93. The van der Waals surface area contributed by atoms with Gasteiger partial charge < -0.3 is 15.0 Å². The Labute approximate surface area is 182 Å². The van der Waals surface area contributed by atoms with E-state index in [1.165, 1.54) is 0 Å².